The van der Waals surface area contributed by atoms with Crippen LogP contribution in [0.25, 0.3) is 0 Å². The summed E-state index contributed by atoms with van der Waals surface area (Å²) in [6.45, 7) is 1.40. The summed E-state index contributed by atoms with van der Waals surface area (Å²) in [4.78, 5) is 10.4. The first-order valence-corrected chi connectivity index (χ1v) is 5.89. The molecule has 0 saturated heterocycles. The van der Waals surface area contributed by atoms with Gasteiger partial charge in [-0.1, -0.05) is 15.9 Å². The van der Waals surface area contributed by atoms with Crippen LogP contribution in [0.2, 0.25) is 0 Å². The predicted molar refractivity (Wildman–Crippen MR) is 65.8 cm³/mol. The molecule has 1 rings (SSSR count). The third kappa shape index (κ3) is 5.76. The molecule has 0 bridgehead atoms. The summed E-state index contributed by atoms with van der Waals surface area (Å²) in [7, 11) is 0. The lowest BCUT2D eigenvalue weighted by atomic mass is 10.2. The number of nitrogens with one attached hydrogen (secondary N) is 1. The molecular formula is C11H14BrFN2O2. The molecule has 17 heavy (non-hydrogen) atoms. The van der Waals surface area contributed by atoms with Gasteiger partial charge >= 0.3 is 0 Å². The highest BCUT2D eigenvalue weighted by Gasteiger charge is 2.01. The van der Waals surface area contributed by atoms with E-state index >= 15 is 0 Å². The Bertz CT molecular complexity index is 388. The Morgan fingerprint density at radius 2 is 2.29 bits per heavy atom. The zero-order chi connectivity index (χ0) is 12.7. The van der Waals surface area contributed by atoms with Crippen molar-refractivity contribution in [3.8, 4) is 0 Å². The van der Waals surface area contributed by atoms with Gasteiger partial charge in [0.15, 0.2) is 0 Å². The molecule has 0 aliphatic carbocycles. The molecular weight excluding hydrogens is 291 g/mol. The Kier molecular flexibility index (Phi) is 6.10. The summed E-state index contributed by atoms with van der Waals surface area (Å²) in [6.07, 6.45) is 0. The van der Waals surface area contributed by atoms with Crippen molar-refractivity contribution in [3.05, 3.63) is 34.1 Å². The van der Waals surface area contributed by atoms with E-state index in [0.717, 1.165) is 10.0 Å². The monoisotopic (exact) mass is 304 g/mol. The van der Waals surface area contributed by atoms with Crippen LogP contribution in [0.15, 0.2) is 22.7 Å². The Morgan fingerprint density at radius 1 is 1.53 bits per heavy atom. The van der Waals surface area contributed by atoms with E-state index in [9.17, 15) is 9.18 Å². The van der Waals surface area contributed by atoms with Crippen LogP contribution >= 0.6 is 15.9 Å². The Morgan fingerprint density at radius 3 is 3.00 bits per heavy atom. The number of rotatable bonds is 7. The smallest absolute Gasteiger partial charge is 0.243 e. The van der Waals surface area contributed by atoms with Gasteiger partial charge in [0.25, 0.3) is 0 Å². The lowest BCUT2D eigenvalue weighted by Gasteiger charge is -2.07. The Balaban J connectivity index is 2.22. The van der Waals surface area contributed by atoms with E-state index < -0.39 is 5.91 Å². The number of benzene rings is 1. The van der Waals surface area contributed by atoms with Gasteiger partial charge < -0.3 is 15.8 Å². The number of carbonyl (C=O) groups excluding carboxylic acids is 1. The number of carbonyl (C=O) groups is 1. The maximum absolute atomic E-state index is 12.9. The van der Waals surface area contributed by atoms with Gasteiger partial charge in [-0.3, -0.25) is 4.79 Å². The first kappa shape index (κ1) is 14.1. The molecule has 94 valence electrons. The van der Waals surface area contributed by atoms with Gasteiger partial charge in [-0.05, 0) is 23.8 Å². The molecule has 3 N–H and O–H groups in total. The molecule has 0 spiro atoms. The van der Waals surface area contributed by atoms with Gasteiger partial charge in [-0.15, -0.1) is 0 Å². The van der Waals surface area contributed by atoms with Crippen LogP contribution in [0, 0.1) is 5.82 Å². The standard InChI is InChI=1S/C11H14BrFN2O2/c12-10-2-1-9(13)5-8(10)6-15-3-4-17-7-11(14)16/h1-2,5,15H,3-4,6-7H2,(H2,14,16). The van der Waals surface area contributed by atoms with Gasteiger partial charge in [-0.2, -0.15) is 0 Å². The second kappa shape index (κ2) is 7.37. The molecule has 1 aromatic carbocycles. The SMILES string of the molecule is NC(=O)COCCNCc1cc(F)ccc1Br. The van der Waals surface area contributed by atoms with Gasteiger partial charge in [0.1, 0.15) is 12.4 Å². The third-order valence-corrected chi connectivity index (χ3v) is 2.76. The maximum Gasteiger partial charge on any atom is 0.243 e. The number of halogens is 2. The lowest BCUT2D eigenvalue weighted by Crippen LogP contribution is -2.23. The minimum atomic E-state index is -0.488. The number of primary amides is 1. The molecule has 1 amide bonds. The highest BCUT2D eigenvalue weighted by atomic mass is 79.9. The molecule has 0 saturated carbocycles. The van der Waals surface area contributed by atoms with E-state index in [-0.39, 0.29) is 12.4 Å². The van der Waals surface area contributed by atoms with E-state index in [1.807, 2.05) is 0 Å². The van der Waals surface area contributed by atoms with Crippen LogP contribution < -0.4 is 11.1 Å². The molecule has 0 aliphatic heterocycles. The van der Waals surface area contributed by atoms with Crippen molar-refractivity contribution in [2.24, 2.45) is 5.73 Å². The highest BCUT2D eigenvalue weighted by Crippen LogP contribution is 2.17. The van der Waals surface area contributed by atoms with E-state index in [1.165, 1.54) is 12.1 Å². The number of ether oxygens (including phenoxy) is 1. The lowest BCUT2D eigenvalue weighted by molar-refractivity contribution is -0.122. The van der Waals surface area contributed by atoms with E-state index in [4.69, 9.17) is 10.5 Å². The topological polar surface area (TPSA) is 64.4 Å². The fourth-order valence-electron chi connectivity index (χ4n) is 1.22. The van der Waals surface area contributed by atoms with Crippen molar-refractivity contribution in [1.29, 1.82) is 0 Å². The summed E-state index contributed by atoms with van der Waals surface area (Å²) in [6, 6.07) is 4.51. The number of hydrogen-bond acceptors (Lipinski definition) is 3. The average molecular weight is 305 g/mol. The molecule has 0 aromatic heterocycles. The summed E-state index contributed by atoms with van der Waals surface area (Å²) in [5.41, 5.74) is 5.74. The number of hydrogen-bond donors (Lipinski definition) is 2. The normalized spacial score (nSPS) is 10.5. The van der Waals surface area contributed by atoms with Crippen molar-refractivity contribution in [2.45, 2.75) is 6.54 Å². The summed E-state index contributed by atoms with van der Waals surface area (Å²) in [5, 5.41) is 3.07. The average Bonchev–Trinajstić information content (AvgIpc) is 2.27. The quantitative estimate of drug-likeness (QED) is 0.744. The summed E-state index contributed by atoms with van der Waals surface area (Å²) < 4.78 is 18.8. The number of amides is 1. The minimum absolute atomic E-state index is 0.0780. The van der Waals surface area contributed by atoms with Gasteiger partial charge in [0.05, 0.1) is 6.61 Å². The van der Waals surface area contributed by atoms with Crippen LogP contribution in [0.1, 0.15) is 5.56 Å². The fourth-order valence-corrected chi connectivity index (χ4v) is 1.61. The van der Waals surface area contributed by atoms with Crippen molar-refractivity contribution in [2.75, 3.05) is 19.8 Å². The summed E-state index contributed by atoms with van der Waals surface area (Å²) >= 11 is 3.33. The Hall–Kier alpha value is -0.980. The predicted octanol–water partition coefficient (Wildman–Crippen LogP) is 1.18. The van der Waals surface area contributed by atoms with Crippen molar-refractivity contribution in [1.82, 2.24) is 5.32 Å². The van der Waals surface area contributed by atoms with Crippen LogP contribution in [-0.2, 0) is 16.1 Å². The second-order valence-corrected chi connectivity index (χ2v) is 4.29. The van der Waals surface area contributed by atoms with Crippen molar-refractivity contribution >= 4 is 21.8 Å². The zero-order valence-electron chi connectivity index (χ0n) is 9.21. The van der Waals surface area contributed by atoms with E-state index in [2.05, 4.69) is 21.2 Å². The molecule has 1 aromatic rings. The molecule has 6 heteroatoms. The minimum Gasteiger partial charge on any atom is -0.370 e. The van der Waals surface area contributed by atoms with Gasteiger partial charge in [0.2, 0.25) is 5.91 Å². The van der Waals surface area contributed by atoms with Crippen molar-refractivity contribution < 1.29 is 13.9 Å². The van der Waals surface area contributed by atoms with Crippen LogP contribution in [0.4, 0.5) is 4.39 Å². The van der Waals surface area contributed by atoms with Crippen molar-refractivity contribution in [3.63, 3.8) is 0 Å². The molecule has 0 aliphatic rings. The van der Waals surface area contributed by atoms with E-state index in [1.54, 1.807) is 6.07 Å². The van der Waals surface area contributed by atoms with E-state index in [0.29, 0.717) is 19.7 Å². The van der Waals surface area contributed by atoms with Crippen LogP contribution in [-0.4, -0.2) is 25.7 Å². The Labute approximate surface area is 107 Å². The fraction of sp³-hybridized carbons (Fsp3) is 0.364. The van der Waals surface area contributed by atoms with Gasteiger partial charge in [-0.25, -0.2) is 4.39 Å². The first-order valence-electron chi connectivity index (χ1n) is 5.10. The zero-order valence-corrected chi connectivity index (χ0v) is 10.8. The second-order valence-electron chi connectivity index (χ2n) is 3.43. The third-order valence-electron chi connectivity index (χ3n) is 1.99. The molecule has 0 heterocycles. The molecule has 0 radical (unpaired) electrons. The summed E-state index contributed by atoms with van der Waals surface area (Å²) in [5.74, 6) is -0.757. The molecule has 0 unspecified atom stereocenters. The van der Waals surface area contributed by atoms with Crippen LogP contribution in [0.3, 0.4) is 0 Å². The first-order chi connectivity index (χ1) is 8.09. The van der Waals surface area contributed by atoms with Crippen LogP contribution in [0.5, 0.6) is 0 Å². The largest absolute Gasteiger partial charge is 0.370 e. The number of nitrogens with two attached hydrogens (primary N) is 1. The maximum atomic E-state index is 12.9. The van der Waals surface area contributed by atoms with Gasteiger partial charge in [0, 0.05) is 17.6 Å². The highest BCUT2D eigenvalue weighted by molar-refractivity contribution is 9.10. The molecule has 0 atom stereocenters. The molecule has 4 nitrogen and oxygen atoms in total. The molecule has 0 fully saturated rings.